The highest BCUT2D eigenvalue weighted by Gasteiger charge is 2.40. The molecule has 1 unspecified atom stereocenters. The lowest BCUT2D eigenvalue weighted by atomic mass is 9.89. The molecule has 10 heteroatoms. The Kier molecular flexibility index (Phi) is 7.75. The predicted molar refractivity (Wildman–Crippen MR) is 102 cm³/mol. The molecule has 1 atom stereocenters. The molecule has 0 amide bonds. The third-order valence-electron chi connectivity index (χ3n) is 3.01. The summed E-state index contributed by atoms with van der Waals surface area (Å²) < 4.78 is -5.79. The number of hydrogen-bond acceptors (Lipinski definition) is 0. The van der Waals surface area contributed by atoms with Crippen molar-refractivity contribution in [3.05, 3.63) is 34.4 Å². The maximum atomic E-state index is 12.7. The van der Waals surface area contributed by atoms with Crippen LogP contribution >= 0.6 is 104 Å². The summed E-state index contributed by atoms with van der Waals surface area (Å²) in [5, 5.41) is 12.7. The minimum Gasteiger partial charge on any atom is -0.228 e. The molecule has 0 saturated carbocycles. The molecule has 0 spiro atoms. The van der Waals surface area contributed by atoms with Gasteiger partial charge in [0.1, 0.15) is 6.10 Å². The van der Waals surface area contributed by atoms with Crippen LogP contribution in [0, 0.1) is 5.92 Å². The Morgan fingerprint density at radius 1 is 0.739 bits per heavy atom. The van der Waals surface area contributed by atoms with E-state index in [-0.39, 0.29) is 28.2 Å². The fraction of sp³-hybridized carbons (Fsp3) is 0.538. The summed E-state index contributed by atoms with van der Waals surface area (Å²) in [6, 6.07) is 2.64. The minimum absolute atomic E-state index is 0.0151. The van der Waals surface area contributed by atoms with Gasteiger partial charge in [0.25, 0.3) is 0 Å². The molecule has 0 N–H and O–H groups in total. The third kappa shape index (κ3) is 5.89. The van der Waals surface area contributed by atoms with Crippen molar-refractivity contribution in [1.82, 2.24) is 0 Å². The minimum atomic E-state index is -1.97. The van der Waals surface area contributed by atoms with E-state index < -0.39 is 17.5 Å². The van der Waals surface area contributed by atoms with Crippen molar-refractivity contribution >= 4 is 104 Å². The normalized spacial score (nSPS) is 15.2. The van der Waals surface area contributed by atoms with E-state index in [9.17, 15) is 5.11 Å². The Balaban J connectivity index is 3.90. The molecule has 23 heavy (non-hydrogen) atoms. The molecule has 0 fully saturated rings. The van der Waals surface area contributed by atoms with Crippen LogP contribution in [-0.4, -0.2) is 0 Å². The molecule has 0 saturated heterocycles. The van der Waals surface area contributed by atoms with Gasteiger partial charge in [0, 0.05) is 16.7 Å². The summed E-state index contributed by atoms with van der Waals surface area (Å²) in [4.78, 5) is 0. The van der Waals surface area contributed by atoms with Crippen LogP contribution < -0.4 is 0 Å². The van der Waals surface area contributed by atoms with E-state index in [2.05, 4.69) is 0 Å². The van der Waals surface area contributed by atoms with E-state index in [4.69, 9.17) is 104 Å². The lowest BCUT2D eigenvalue weighted by Gasteiger charge is -2.29. The Morgan fingerprint density at radius 3 is 1.30 bits per heavy atom. The van der Waals surface area contributed by atoms with Crippen molar-refractivity contribution in [2.24, 2.45) is 5.92 Å². The molecule has 1 radical (unpaired) electrons. The fourth-order valence-corrected chi connectivity index (χ4v) is 3.19. The van der Waals surface area contributed by atoms with Gasteiger partial charge in [0.15, 0.2) is 0 Å². The molecule has 0 aliphatic carbocycles. The molecule has 0 bridgehead atoms. The second kappa shape index (κ2) is 7.80. The molecule has 0 aliphatic heterocycles. The van der Waals surface area contributed by atoms with E-state index in [0.717, 1.165) is 0 Å². The van der Waals surface area contributed by atoms with Gasteiger partial charge < -0.3 is 0 Å². The predicted octanol–water partition coefficient (Wildman–Crippen LogP) is 8.29. The molecule has 0 aliphatic rings. The Bertz CT molecular complexity index is 531. The number of halogens is 9. The fourth-order valence-electron chi connectivity index (χ4n) is 1.93. The van der Waals surface area contributed by atoms with E-state index in [1.54, 1.807) is 13.8 Å². The zero-order chi connectivity index (χ0) is 18.4. The van der Waals surface area contributed by atoms with Crippen LogP contribution in [0.3, 0.4) is 0 Å². The standard InChI is InChI=1S/C13H10Cl9O/c1-5(2)10(23)9-7(12(17,18)19)3-6(11(14,15)16)4-8(9)13(20,21)22/h3-5,10H,1-2H3. The van der Waals surface area contributed by atoms with Gasteiger partial charge in [-0.15, -0.1) is 0 Å². The Hall–Kier alpha value is 1.79. The van der Waals surface area contributed by atoms with Crippen LogP contribution in [0.25, 0.3) is 0 Å². The molecular formula is C13H10Cl9O. The van der Waals surface area contributed by atoms with Crippen LogP contribution in [0.2, 0.25) is 0 Å². The maximum absolute atomic E-state index is 12.7. The van der Waals surface area contributed by atoms with Gasteiger partial charge in [-0.05, 0) is 23.6 Å². The summed E-state index contributed by atoms with van der Waals surface area (Å²) in [5.74, 6) is -0.356. The second-order valence-electron chi connectivity index (χ2n) is 5.14. The summed E-state index contributed by atoms with van der Waals surface area (Å²) in [7, 11) is 0. The van der Waals surface area contributed by atoms with E-state index >= 15 is 0 Å². The SMILES string of the molecule is CC(C)C([O])c1c(C(Cl)(Cl)Cl)cc(C(Cl)(Cl)Cl)cc1C(Cl)(Cl)Cl. The molecule has 131 valence electrons. The first-order chi connectivity index (χ1) is 10.1. The van der Waals surface area contributed by atoms with Gasteiger partial charge in [-0.25, -0.2) is 5.11 Å². The molecular weight excluding hydrogens is 491 g/mol. The van der Waals surface area contributed by atoms with Crippen LogP contribution in [0.4, 0.5) is 0 Å². The average molecular weight is 501 g/mol. The molecule has 1 aromatic rings. The first-order valence-electron chi connectivity index (χ1n) is 6.12. The highest BCUT2D eigenvalue weighted by atomic mass is 35.6. The summed E-state index contributed by atoms with van der Waals surface area (Å²) in [6.45, 7) is 3.40. The maximum Gasteiger partial charge on any atom is 0.216 e. The highest BCUT2D eigenvalue weighted by Crippen LogP contribution is 2.52. The summed E-state index contributed by atoms with van der Waals surface area (Å²) >= 11 is 53.6. The average Bonchev–Trinajstić information content (AvgIpc) is 2.32. The Labute approximate surface area is 180 Å². The number of rotatable bonds is 2. The van der Waals surface area contributed by atoms with Gasteiger partial charge in [-0.2, -0.15) is 0 Å². The lowest BCUT2D eigenvalue weighted by Crippen LogP contribution is -2.20. The summed E-state index contributed by atoms with van der Waals surface area (Å²) in [5.41, 5.74) is 0.213. The summed E-state index contributed by atoms with van der Waals surface area (Å²) in [6.07, 6.45) is -1.31. The van der Waals surface area contributed by atoms with E-state index in [0.29, 0.717) is 0 Å². The number of benzene rings is 1. The zero-order valence-corrected chi connectivity index (χ0v) is 18.4. The smallest absolute Gasteiger partial charge is 0.216 e. The van der Waals surface area contributed by atoms with Gasteiger partial charge in [-0.1, -0.05) is 118 Å². The van der Waals surface area contributed by atoms with Crippen LogP contribution in [0.1, 0.15) is 42.2 Å². The third-order valence-corrected chi connectivity index (χ3v) is 4.88. The largest absolute Gasteiger partial charge is 0.228 e. The van der Waals surface area contributed by atoms with Gasteiger partial charge >= 0.3 is 0 Å². The van der Waals surface area contributed by atoms with Crippen molar-refractivity contribution in [3.8, 4) is 0 Å². The van der Waals surface area contributed by atoms with Gasteiger partial charge in [-0.3, -0.25) is 0 Å². The lowest BCUT2D eigenvalue weighted by molar-refractivity contribution is 0.0473. The Morgan fingerprint density at radius 2 is 1.09 bits per heavy atom. The number of alkyl halides is 9. The second-order valence-corrected chi connectivity index (χ2v) is 12.0. The number of hydrogen-bond donors (Lipinski definition) is 0. The molecule has 0 aromatic heterocycles. The highest BCUT2D eigenvalue weighted by molar-refractivity contribution is 6.68. The topological polar surface area (TPSA) is 19.9 Å². The van der Waals surface area contributed by atoms with E-state index in [1.807, 2.05) is 0 Å². The van der Waals surface area contributed by atoms with Crippen LogP contribution in [0.15, 0.2) is 12.1 Å². The zero-order valence-electron chi connectivity index (χ0n) is 11.6. The monoisotopic (exact) mass is 497 g/mol. The van der Waals surface area contributed by atoms with Crippen molar-refractivity contribution < 1.29 is 5.11 Å². The van der Waals surface area contributed by atoms with Crippen molar-refractivity contribution in [2.75, 3.05) is 0 Å². The molecule has 0 heterocycles. The molecule has 1 nitrogen and oxygen atoms in total. The van der Waals surface area contributed by atoms with Crippen LogP contribution in [0.5, 0.6) is 0 Å². The van der Waals surface area contributed by atoms with Crippen molar-refractivity contribution in [3.63, 3.8) is 0 Å². The van der Waals surface area contributed by atoms with Gasteiger partial charge in [0.05, 0.1) is 0 Å². The van der Waals surface area contributed by atoms with Crippen LogP contribution in [-0.2, 0) is 16.5 Å². The van der Waals surface area contributed by atoms with Crippen molar-refractivity contribution in [2.45, 2.75) is 31.3 Å². The molecule has 1 aromatic carbocycles. The first kappa shape index (κ1) is 22.8. The van der Waals surface area contributed by atoms with E-state index in [1.165, 1.54) is 12.1 Å². The van der Waals surface area contributed by atoms with Crippen molar-refractivity contribution in [1.29, 1.82) is 0 Å². The first-order valence-corrected chi connectivity index (χ1v) is 9.52. The van der Waals surface area contributed by atoms with Gasteiger partial charge in [0.2, 0.25) is 11.4 Å². The quantitative estimate of drug-likeness (QED) is 0.364. The molecule has 1 rings (SSSR count).